The summed E-state index contributed by atoms with van der Waals surface area (Å²) < 4.78 is 6.30. The van der Waals surface area contributed by atoms with Crippen LogP contribution in [0.25, 0.3) is 11.1 Å². The van der Waals surface area contributed by atoms with E-state index < -0.39 is 5.63 Å². The van der Waals surface area contributed by atoms with Crippen LogP contribution < -0.4 is 10.9 Å². The highest BCUT2D eigenvalue weighted by Crippen LogP contribution is 2.18. The monoisotopic (exact) mass is 280 g/mol. The molecule has 0 bridgehead atoms. The molecular formula is C13H13ClN2O3. The fourth-order valence-electron chi connectivity index (χ4n) is 1.57. The Kier molecular flexibility index (Phi) is 4.06. The first-order valence-corrected chi connectivity index (χ1v) is 6.21. The van der Waals surface area contributed by atoms with E-state index in [1.54, 1.807) is 37.4 Å². The van der Waals surface area contributed by atoms with E-state index >= 15 is 0 Å². The highest BCUT2D eigenvalue weighted by Gasteiger charge is 2.09. The molecule has 2 aromatic rings. The Hall–Kier alpha value is -2.01. The first-order chi connectivity index (χ1) is 9.10. The molecule has 1 aromatic carbocycles. The van der Waals surface area contributed by atoms with Crippen molar-refractivity contribution in [1.29, 1.82) is 0 Å². The van der Waals surface area contributed by atoms with Crippen LogP contribution in [0.1, 0.15) is 13.3 Å². The second-order valence-corrected chi connectivity index (χ2v) is 4.39. The topological polar surface area (TPSA) is 64.2 Å². The Bertz CT molecular complexity index is 628. The minimum absolute atomic E-state index is 0.107. The van der Waals surface area contributed by atoms with Crippen LogP contribution in [0.3, 0.4) is 0 Å². The highest BCUT2D eigenvalue weighted by molar-refractivity contribution is 6.30. The molecular weight excluding hydrogens is 268 g/mol. The first-order valence-electron chi connectivity index (χ1n) is 5.83. The smallest absolute Gasteiger partial charge is 0.336 e. The van der Waals surface area contributed by atoms with Gasteiger partial charge in [0.25, 0.3) is 0 Å². The van der Waals surface area contributed by atoms with Crippen LogP contribution >= 0.6 is 11.6 Å². The molecule has 0 aliphatic rings. The predicted molar refractivity (Wildman–Crippen MR) is 71.8 cm³/mol. The Morgan fingerprint density at radius 3 is 2.68 bits per heavy atom. The van der Waals surface area contributed by atoms with Crippen LogP contribution in [-0.4, -0.2) is 10.6 Å². The van der Waals surface area contributed by atoms with E-state index in [0.717, 1.165) is 5.56 Å². The summed E-state index contributed by atoms with van der Waals surface area (Å²) in [5, 5.41) is 3.22. The molecule has 0 radical (unpaired) electrons. The van der Waals surface area contributed by atoms with Crippen LogP contribution in [0.5, 0.6) is 0 Å². The molecule has 0 atom stereocenters. The van der Waals surface area contributed by atoms with Crippen molar-refractivity contribution in [3.8, 4) is 11.1 Å². The summed E-state index contributed by atoms with van der Waals surface area (Å²) in [7, 11) is 0. The van der Waals surface area contributed by atoms with Crippen LogP contribution in [0.4, 0.5) is 0 Å². The van der Waals surface area contributed by atoms with E-state index in [4.69, 9.17) is 16.1 Å². The zero-order valence-corrected chi connectivity index (χ0v) is 11.1. The zero-order chi connectivity index (χ0) is 13.8. The minimum atomic E-state index is -0.451. The van der Waals surface area contributed by atoms with Crippen LogP contribution in [-0.2, 0) is 11.5 Å². The molecule has 0 spiro atoms. The van der Waals surface area contributed by atoms with Gasteiger partial charge in [-0.05, 0) is 17.7 Å². The zero-order valence-electron chi connectivity index (χ0n) is 10.4. The van der Waals surface area contributed by atoms with Crippen LogP contribution in [0.2, 0.25) is 5.02 Å². The van der Waals surface area contributed by atoms with Crippen molar-refractivity contribution in [3.05, 3.63) is 45.9 Å². The van der Waals surface area contributed by atoms with Gasteiger partial charge >= 0.3 is 5.63 Å². The lowest BCUT2D eigenvalue weighted by molar-refractivity contribution is -0.121. The molecule has 0 unspecified atom stereocenters. The summed E-state index contributed by atoms with van der Waals surface area (Å²) in [6, 6.07) is 6.88. The number of hydrogen-bond acceptors (Lipinski definition) is 3. The van der Waals surface area contributed by atoms with Crippen LogP contribution in [0, 0.1) is 0 Å². The number of benzene rings is 1. The maximum atomic E-state index is 11.7. The molecule has 1 N–H and O–H groups in total. The second-order valence-electron chi connectivity index (χ2n) is 3.96. The lowest BCUT2D eigenvalue weighted by Gasteiger charge is -2.01. The quantitative estimate of drug-likeness (QED) is 0.934. The summed E-state index contributed by atoms with van der Waals surface area (Å²) >= 11 is 5.79. The third-order valence-electron chi connectivity index (χ3n) is 2.60. The van der Waals surface area contributed by atoms with Crippen molar-refractivity contribution in [2.45, 2.75) is 20.0 Å². The average Bonchev–Trinajstić information content (AvgIpc) is 2.78. The predicted octanol–water partition coefficient (Wildman–Crippen LogP) is 2.25. The molecule has 1 heterocycles. The standard InChI is InChI=1S/C13H13ClN2O3/c1-2-12(17)15-8-16-7-11(13(18)19-16)9-3-5-10(14)6-4-9/h3-7H,2,8H2,1H3,(H,15,17). The number of nitrogens with one attached hydrogen (secondary N) is 1. The molecule has 0 saturated carbocycles. The van der Waals surface area contributed by atoms with E-state index in [1.807, 2.05) is 0 Å². The molecule has 0 saturated heterocycles. The number of hydrogen-bond donors (Lipinski definition) is 1. The van der Waals surface area contributed by atoms with Gasteiger partial charge in [0.2, 0.25) is 5.91 Å². The van der Waals surface area contributed by atoms with Crippen molar-refractivity contribution >= 4 is 17.5 Å². The Morgan fingerprint density at radius 2 is 2.05 bits per heavy atom. The molecule has 0 fully saturated rings. The maximum absolute atomic E-state index is 11.7. The van der Waals surface area contributed by atoms with Crippen molar-refractivity contribution < 1.29 is 9.32 Å². The third-order valence-corrected chi connectivity index (χ3v) is 2.85. The van der Waals surface area contributed by atoms with Gasteiger partial charge in [-0.2, -0.15) is 4.74 Å². The number of rotatable bonds is 4. The lowest BCUT2D eigenvalue weighted by Crippen LogP contribution is -2.24. The van der Waals surface area contributed by atoms with Crippen molar-refractivity contribution in [2.24, 2.45) is 0 Å². The second kappa shape index (κ2) is 5.75. The molecule has 0 aliphatic heterocycles. The Balaban J connectivity index is 2.19. The minimum Gasteiger partial charge on any atom is -0.336 e. The summed E-state index contributed by atoms with van der Waals surface area (Å²) in [5.41, 5.74) is 0.703. The third kappa shape index (κ3) is 3.26. The molecule has 5 nitrogen and oxygen atoms in total. The van der Waals surface area contributed by atoms with Crippen molar-refractivity contribution in [1.82, 2.24) is 10.1 Å². The Labute approximate surface area is 114 Å². The van der Waals surface area contributed by atoms with E-state index in [1.165, 1.54) is 4.74 Å². The van der Waals surface area contributed by atoms with Gasteiger partial charge in [0.05, 0.1) is 11.8 Å². The first kappa shape index (κ1) is 13.4. The van der Waals surface area contributed by atoms with Crippen LogP contribution in [0.15, 0.2) is 39.8 Å². The van der Waals surface area contributed by atoms with Crippen molar-refractivity contribution in [3.63, 3.8) is 0 Å². The largest absolute Gasteiger partial charge is 0.365 e. The van der Waals surface area contributed by atoms with Gasteiger partial charge in [-0.15, -0.1) is 0 Å². The molecule has 1 aromatic heterocycles. The number of aromatic nitrogens is 1. The molecule has 6 heteroatoms. The van der Waals surface area contributed by atoms with E-state index in [9.17, 15) is 9.59 Å². The van der Waals surface area contributed by atoms with Gasteiger partial charge in [0, 0.05) is 11.4 Å². The average molecular weight is 281 g/mol. The SMILES string of the molecule is CCC(=O)NCn1cc(-c2ccc(Cl)cc2)c(=O)o1. The van der Waals surface area contributed by atoms with Crippen molar-refractivity contribution in [2.75, 3.05) is 0 Å². The number of halogens is 1. The van der Waals surface area contributed by atoms with Gasteiger partial charge < -0.3 is 9.84 Å². The van der Waals surface area contributed by atoms with E-state index in [2.05, 4.69) is 5.32 Å². The molecule has 2 rings (SSSR count). The molecule has 19 heavy (non-hydrogen) atoms. The highest BCUT2D eigenvalue weighted by atomic mass is 35.5. The van der Waals surface area contributed by atoms with E-state index in [-0.39, 0.29) is 12.6 Å². The summed E-state index contributed by atoms with van der Waals surface area (Å²) in [6.45, 7) is 1.88. The van der Waals surface area contributed by atoms with Gasteiger partial charge in [0.15, 0.2) is 0 Å². The van der Waals surface area contributed by atoms with Gasteiger partial charge in [-0.25, -0.2) is 4.79 Å². The summed E-state index contributed by atoms with van der Waals surface area (Å²) in [6.07, 6.45) is 1.94. The number of nitrogens with zero attached hydrogens (tertiary/aromatic N) is 1. The van der Waals surface area contributed by atoms with Gasteiger partial charge in [-0.3, -0.25) is 4.79 Å². The fraction of sp³-hybridized carbons (Fsp3) is 0.231. The normalized spacial score (nSPS) is 10.4. The molecule has 0 aliphatic carbocycles. The molecule has 1 amide bonds. The molecule has 100 valence electrons. The van der Waals surface area contributed by atoms with Gasteiger partial charge in [0.1, 0.15) is 6.67 Å². The number of carbonyl (C=O) groups is 1. The Morgan fingerprint density at radius 1 is 1.37 bits per heavy atom. The fourth-order valence-corrected chi connectivity index (χ4v) is 1.70. The number of amides is 1. The summed E-state index contributed by atoms with van der Waals surface area (Å²) in [5.74, 6) is -0.107. The van der Waals surface area contributed by atoms with Gasteiger partial charge in [-0.1, -0.05) is 30.7 Å². The van der Waals surface area contributed by atoms with E-state index in [0.29, 0.717) is 17.0 Å². The lowest BCUT2D eigenvalue weighted by atomic mass is 10.1. The number of carbonyl (C=O) groups excluding carboxylic acids is 1. The summed E-state index contributed by atoms with van der Waals surface area (Å²) in [4.78, 5) is 22.8. The maximum Gasteiger partial charge on any atom is 0.365 e.